The molecule has 0 unspecified atom stereocenters. The largest absolute Gasteiger partial charge is 0.354 e. The first kappa shape index (κ1) is 29.6. The lowest BCUT2D eigenvalue weighted by Crippen LogP contribution is -2.13. The predicted octanol–water partition coefficient (Wildman–Crippen LogP) is 8.14. The average molecular weight is 660 g/mol. The van der Waals surface area contributed by atoms with E-state index in [2.05, 4.69) is 19.6 Å². The van der Waals surface area contributed by atoms with Crippen LogP contribution in [0.25, 0.3) is 79.8 Å². The van der Waals surface area contributed by atoms with Gasteiger partial charge in [-0.3, -0.25) is 9.26 Å². The van der Waals surface area contributed by atoms with Crippen molar-refractivity contribution in [2.75, 3.05) is 13.6 Å². The van der Waals surface area contributed by atoms with E-state index >= 15 is 0 Å². The molecule has 0 radical (unpaired) electrons. The van der Waals surface area contributed by atoms with Crippen LogP contribution < -0.4 is 0 Å². The Hall–Kier alpha value is -6.55. The molecule has 0 saturated carbocycles. The van der Waals surface area contributed by atoms with Gasteiger partial charge in [-0.25, -0.2) is 18.7 Å². The minimum Gasteiger partial charge on any atom is -0.354 e. The zero-order valence-electron chi connectivity index (χ0n) is 27.1. The molecule has 9 rings (SSSR count). The number of aromatic nitrogens is 6. The van der Waals surface area contributed by atoms with Gasteiger partial charge in [0.1, 0.15) is 23.7 Å². The summed E-state index contributed by atoms with van der Waals surface area (Å²) in [5.74, 6) is 0.150. The first-order chi connectivity index (χ1) is 24.4. The van der Waals surface area contributed by atoms with Crippen molar-refractivity contribution in [2.24, 2.45) is 12.0 Å². The van der Waals surface area contributed by atoms with Gasteiger partial charge in [0.25, 0.3) is 0 Å². The van der Waals surface area contributed by atoms with E-state index in [1.54, 1.807) is 28.9 Å². The molecule has 8 bridgehead atoms. The molecule has 3 aliphatic heterocycles. The van der Waals surface area contributed by atoms with Gasteiger partial charge in [-0.05, 0) is 89.0 Å². The fraction of sp³-hybridized carbons (Fsp3) is 0.0750. The van der Waals surface area contributed by atoms with E-state index in [0.717, 1.165) is 89.6 Å². The van der Waals surface area contributed by atoms with Crippen LogP contribution in [0, 0.1) is 11.6 Å². The van der Waals surface area contributed by atoms with E-state index in [4.69, 9.17) is 15.0 Å². The van der Waals surface area contributed by atoms with Crippen molar-refractivity contribution in [3.63, 3.8) is 0 Å². The maximum absolute atomic E-state index is 14.2. The minimum absolute atomic E-state index is 0.315. The molecule has 0 spiro atoms. The Balaban J connectivity index is 1.47. The van der Waals surface area contributed by atoms with Gasteiger partial charge in [0, 0.05) is 52.0 Å². The lowest BCUT2D eigenvalue weighted by Gasteiger charge is -2.05. The Labute approximate surface area is 285 Å². The van der Waals surface area contributed by atoms with Crippen LogP contribution in [0.15, 0.2) is 90.2 Å². The number of aryl methyl sites for hydroxylation is 1. The highest BCUT2D eigenvalue weighted by Gasteiger charge is 2.26. The third kappa shape index (κ3) is 5.00. The number of rotatable bonds is 4. The molecule has 50 heavy (non-hydrogen) atoms. The number of aliphatic imine (C=N–C) groups is 1. The molecule has 6 aromatic rings. The van der Waals surface area contributed by atoms with Gasteiger partial charge in [-0.1, -0.05) is 24.3 Å². The van der Waals surface area contributed by atoms with E-state index in [1.165, 1.54) is 24.3 Å². The molecule has 0 fully saturated rings. The van der Waals surface area contributed by atoms with Gasteiger partial charge in [0.05, 0.1) is 41.5 Å². The molecular formula is C40H29F2N8+. The molecule has 242 valence electrons. The molecule has 2 aromatic carbocycles. The number of H-pyrrole nitrogens is 2. The summed E-state index contributed by atoms with van der Waals surface area (Å²) in [6.45, 7) is 0.668. The van der Waals surface area contributed by atoms with Crippen LogP contribution in [0.4, 0.5) is 8.78 Å². The maximum atomic E-state index is 14.2. The molecule has 8 nitrogen and oxygen atoms in total. The number of benzene rings is 2. The summed E-state index contributed by atoms with van der Waals surface area (Å²) in [7, 11) is 3.88. The fourth-order valence-corrected chi connectivity index (χ4v) is 6.83. The summed E-state index contributed by atoms with van der Waals surface area (Å²) in [6.07, 6.45) is 13.6. The standard InChI is InChI=1S/C40H28F2N8/c1-49-20-19-43-40(49)39-34-17-15-30(47-34)36(23-3-7-26(41)8-4-23)28-11-13-32(45-28)38(25-21-44-50(2)22-25)33-14-12-29(46-33)37(31-16-18-35(39)48-31)24-5-9-27(42)10-6-24/h3-19,21-22H,20H2,1-2H3,(H,45,46,47,48)/p+1. The number of nitrogens with one attached hydrogen (secondary N) is 2. The number of halogens is 2. The fourth-order valence-electron chi connectivity index (χ4n) is 6.83. The average Bonchev–Trinajstić information content (AvgIpc) is 3.96. The first-order valence-corrected chi connectivity index (χ1v) is 16.2. The number of amidine groups is 1. The normalized spacial score (nSPS) is 13.6. The molecule has 0 amide bonds. The summed E-state index contributed by atoms with van der Waals surface area (Å²) >= 11 is 0. The van der Waals surface area contributed by atoms with Crippen LogP contribution in [-0.4, -0.2) is 59.9 Å². The smallest absolute Gasteiger partial charge is 0.329 e. The van der Waals surface area contributed by atoms with Crippen molar-refractivity contribution >= 4 is 58.4 Å². The van der Waals surface area contributed by atoms with Crippen LogP contribution in [-0.2, 0) is 7.05 Å². The summed E-state index contributed by atoms with van der Waals surface area (Å²) in [5, 5.41) is 4.47. The van der Waals surface area contributed by atoms with Crippen LogP contribution in [0.2, 0.25) is 0 Å². The van der Waals surface area contributed by atoms with Gasteiger partial charge < -0.3 is 9.97 Å². The number of hydrogen-bond acceptors (Lipinski definition) is 4. The molecule has 2 N–H and O–H groups in total. The molecule has 7 heterocycles. The summed E-state index contributed by atoms with van der Waals surface area (Å²) in [6, 6.07) is 21.0. The van der Waals surface area contributed by atoms with Crippen molar-refractivity contribution in [2.45, 2.75) is 0 Å². The zero-order valence-corrected chi connectivity index (χ0v) is 27.1. The summed E-state index contributed by atoms with van der Waals surface area (Å²) in [4.78, 5) is 22.5. The molecule has 3 aliphatic rings. The Morgan fingerprint density at radius 2 is 1.04 bits per heavy atom. The molecule has 4 aromatic heterocycles. The molecule has 0 atom stereocenters. The first-order valence-electron chi connectivity index (χ1n) is 16.2. The van der Waals surface area contributed by atoms with E-state index in [0.29, 0.717) is 6.54 Å². The zero-order chi connectivity index (χ0) is 33.9. The Bertz CT molecular complexity index is 2610. The Kier molecular flexibility index (Phi) is 6.84. The minimum atomic E-state index is -0.315. The van der Waals surface area contributed by atoms with Crippen molar-refractivity contribution in [3.8, 4) is 33.4 Å². The lowest BCUT2D eigenvalue weighted by molar-refractivity contribution is -0.476. The number of fused-ring (bicyclic) bond motifs is 8. The molecule has 10 heteroatoms. The number of aromatic amines is 2. The second-order valence-corrected chi connectivity index (χ2v) is 12.4. The van der Waals surface area contributed by atoms with Crippen LogP contribution in [0.3, 0.4) is 0 Å². The number of hydrogen-bond donors (Lipinski definition) is 2. The second-order valence-electron chi connectivity index (χ2n) is 12.4. The van der Waals surface area contributed by atoms with Gasteiger partial charge in [0.15, 0.2) is 6.21 Å². The van der Waals surface area contributed by atoms with Gasteiger partial charge in [-0.2, -0.15) is 5.10 Å². The lowest BCUT2D eigenvalue weighted by atomic mass is 10.0. The third-order valence-electron chi connectivity index (χ3n) is 9.17. The van der Waals surface area contributed by atoms with E-state index in [9.17, 15) is 8.78 Å². The van der Waals surface area contributed by atoms with E-state index in [-0.39, 0.29) is 11.6 Å². The summed E-state index contributed by atoms with van der Waals surface area (Å²) < 4.78 is 32.2. The quantitative estimate of drug-likeness (QED) is 0.187. The van der Waals surface area contributed by atoms with Gasteiger partial charge in [0.2, 0.25) is 0 Å². The third-order valence-corrected chi connectivity index (χ3v) is 9.17. The molecular weight excluding hydrogens is 630 g/mol. The Morgan fingerprint density at radius 3 is 1.46 bits per heavy atom. The topological polar surface area (TPSA) is 90.5 Å². The monoisotopic (exact) mass is 659 g/mol. The second kappa shape index (κ2) is 11.6. The Morgan fingerprint density at radius 1 is 0.600 bits per heavy atom. The van der Waals surface area contributed by atoms with Crippen LogP contribution >= 0.6 is 0 Å². The van der Waals surface area contributed by atoms with Crippen molar-refractivity contribution in [1.82, 2.24) is 29.7 Å². The molecule has 0 aliphatic carbocycles. The SMILES string of the molecule is Cn1cc(-c2c3nc(c(-c4ccc(F)cc4)c4ccc([nH]4)c(C4=[N+](C)CC=N4)c4nc(c(-c5ccc(F)cc5)c5ccc2[nH]5)C=C4)C=C3)cn1. The highest BCUT2D eigenvalue weighted by molar-refractivity contribution is 6.10. The highest BCUT2D eigenvalue weighted by Crippen LogP contribution is 2.37. The van der Waals surface area contributed by atoms with Crippen molar-refractivity contribution in [1.29, 1.82) is 0 Å². The van der Waals surface area contributed by atoms with Gasteiger partial charge >= 0.3 is 5.84 Å². The highest BCUT2D eigenvalue weighted by atomic mass is 19.1. The summed E-state index contributed by atoms with van der Waals surface area (Å²) in [5.41, 5.74) is 12.0. The predicted molar refractivity (Wildman–Crippen MR) is 195 cm³/mol. The molecule has 0 saturated heterocycles. The maximum Gasteiger partial charge on any atom is 0.329 e. The van der Waals surface area contributed by atoms with Crippen LogP contribution in [0.5, 0.6) is 0 Å². The van der Waals surface area contributed by atoms with Crippen molar-refractivity contribution < 1.29 is 13.4 Å². The van der Waals surface area contributed by atoms with Crippen molar-refractivity contribution in [3.05, 3.63) is 125 Å². The van der Waals surface area contributed by atoms with E-state index < -0.39 is 0 Å². The van der Waals surface area contributed by atoms with E-state index in [1.807, 2.05) is 81.3 Å². The van der Waals surface area contributed by atoms with Gasteiger partial charge in [-0.15, -0.1) is 0 Å². The van der Waals surface area contributed by atoms with Crippen LogP contribution in [0.1, 0.15) is 28.3 Å². The number of nitrogens with zero attached hydrogens (tertiary/aromatic N) is 6.